The molecule has 2 aromatic rings. The number of rotatable bonds is 6. The molecule has 0 saturated heterocycles. The van der Waals surface area contributed by atoms with Crippen LogP contribution in [0.5, 0.6) is 11.5 Å². The first kappa shape index (κ1) is 18.5. The molecule has 0 unspecified atom stereocenters. The van der Waals surface area contributed by atoms with Crippen LogP contribution in [-0.2, 0) is 23.2 Å². The third-order valence-corrected chi connectivity index (χ3v) is 4.19. The highest BCUT2D eigenvalue weighted by Gasteiger charge is 2.34. The number of hydrogen-bond donors (Lipinski definition) is 1. The molecule has 1 aromatic heterocycles. The van der Waals surface area contributed by atoms with E-state index in [0.29, 0.717) is 29.9 Å². The number of likely N-dealkylation sites (N-methyl/N-ethyl adjacent to an activating group) is 1. The minimum Gasteiger partial charge on any atom is -0.453 e. The molecule has 1 heterocycles. The van der Waals surface area contributed by atoms with Crippen molar-refractivity contribution >= 4 is 5.91 Å². The first-order valence-electron chi connectivity index (χ1n) is 8.40. The van der Waals surface area contributed by atoms with Gasteiger partial charge in [-0.3, -0.25) is 9.48 Å². The second-order valence-electron chi connectivity index (χ2n) is 6.22. The number of aromatic nitrogens is 2. The lowest BCUT2D eigenvalue weighted by Gasteiger charge is -2.25. The first-order chi connectivity index (χ1) is 11.9. The number of amides is 1. The van der Waals surface area contributed by atoms with Gasteiger partial charge in [-0.2, -0.15) is 10.4 Å². The molecular formula is C19H24N4O2. The van der Waals surface area contributed by atoms with E-state index in [0.717, 1.165) is 11.4 Å². The molecule has 2 rings (SSSR count). The van der Waals surface area contributed by atoms with E-state index in [1.54, 1.807) is 36.0 Å². The van der Waals surface area contributed by atoms with Crippen LogP contribution in [0.2, 0.25) is 0 Å². The normalized spacial score (nSPS) is 11.0. The second-order valence-corrected chi connectivity index (χ2v) is 6.22. The summed E-state index contributed by atoms with van der Waals surface area (Å²) in [4.78, 5) is 12.3. The molecule has 0 atom stereocenters. The maximum Gasteiger partial charge on any atom is 0.247 e. The Balaban J connectivity index is 2.50. The predicted molar refractivity (Wildman–Crippen MR) is 95.6 cm³/mol. The molecule has 0 aliphatic heterocycles. The minimum atomic E-state index is -0.823. The highest BCUT2D eigenvalue weighted by molar-refractivity contribution is 5.83. The third kappa shape index (κ3) is 3.50. The summed E-state index contributed by atoms with van der Waals surface area (Å²) >= 11 is 0. The van der Waals surface area contributed by atoms with Crippen molar-refractivity contribution in [3.8, 4) is 17.6 Å². The summed E-state index contributed by atoms with van der Waals surface area (Å²) < 4.78 is 7.84. The first-order valence-corrected chi connectivity index (χ1v) is 8.40. The lowest BCUT2D eigenvalue weighted by atomic mass is 10.0. The van der Waals surface area contributed by atoms with Gasteiger partial charge in [-0.25, -0.2) is 0 Å². The average Bonchev–Trinajstić information content (AvgIpc) is 2.99. The number of aryl methyl sites for hydroxylation is 1. The number of nitrogens with one attached hydrogen (secondary N) is 1. The molecule has 132 valence electrons. The van der Waals surface area contributed by atoms with Gasteiger partial charge in [-0.1, -0.05) is 13.8 Å². The van der Waals surface area contributed by atoms with Crippen LogP contribution >= 0.6 is 0 Å². The highest BCUT2D eigenvalue weighted by Crippen LogP contribution is 2.33. The Morgan fingerprint density at radius 1 is 1.28 bits per heavy atom. The zero-order chi connectivity index (χ0) is 18.6. The quantitative estimate of drug-likeness (QED) is 0.876. The van der Waals surface area contributed by atoms with Crippen LogP contribution in [0.25, 0.3) is 0 Å². The van der Waals surface area contributed by atoms with Crippen LogP contribution in [-0.4, -0.2) is 22.7 Å². The van der Waals surface area contributed by atoms with Crippen molar-refractivity contribution < 1.29 is 9.53 Å². The van der Waals surface area contributed by atoms with Gasteiger partial charge in [0.25, 0.3) is 0 Å². The van der Waals surface area contributed by atoms with E-state index in [9.17, 15) is 4.79 Å². The van der Waals surface area contributed by atoms with Gasteiger partial charge in [0.1, 0.15) is 17.0 Å². The van der Waals surface area contributed by atoms with Crippen molar-refractivity contribution in [2.45, 2.75) is 46.1 Å². The van der Waals surface area contributed by atoms with Gasteiger partial charge >= 0.3 is 0 Å². The Morgan fingerprint density at radius 2 is 1.92 bits per heavy atom. The van der Waals surface area contributed by atoms with E-state index in [1.807, 2.05) is 27.7 Å². The fourth-order valence-electron chi connectivity index (χ4n) is 2.73. The fraction of sp³-hybridized carbons (Fsp3) is 0.421. The molecule has 1 N–H and O–H groups in total. The molecule has 1 amide bonds. The SMILES string of the molecule is CCc1nn(C(C)(C)C(=O)NC)c(CC)c1Oc1ccc(C#N)cc1. The smallest absolute Gasteiger partial charge is 0.247 e. The molecule has 0 bridgehead atoms. The molecule has 0 radical (unpaired) electrons. The summed E-state index contributed by atoms with van der Waals surface area (Å²) in [5.74, 6) is 1.21. The van der Waals surface area contributed by atoms with Crippen molar-refractivity contribution in [1.29, 1.82) is 5.26 Å². The van der Waals surface area contributed by atoms with Crippen LogP contribution in [0.4, 0.5) is 0 Å². The molecular weight excluding hydrogens is 316 g/mol. The number of hydrogen-bond acceptors (Lipinski definition) is 4. The van der Waals surface area contributed by atoms with Crippen LogP contribution in [0, 0.1) is 11.3 Å². The monoisotopic (exact) mass is 340 g/mol. The molecule has 0 aliphatic carbocycles. The van der Waals surface area contributed by atoms with Gasteiger partial charge in [0.15, 0.2) is 5.75 Å². The molecule has 6 nitrogen and oxygen atoms in total. The Bertz CT molecular complexity index is 798. The summed E-state index contributed by atoms with van der Waals surface area (Å²) in [5.41, 5.74) is 1.43. The lowest BCUT2D eigenvalue weighted by molar-refractivity contribution is -0.128. The average molecular weight is 340 g/mol. The number of ether oxygens (including phenoxy) is 1. The van der Waals surface area contributed by atoms with E-state index in [-0.39, 0.29) is 5.91 Å². The van der Waals surface area contributed by atoms with Crippen molar-refractivity contribution in [1.82, 2.24) is 15.1 Å². The second kappa shape index (κ2) is 7.39. The lowest BCUT2D eigenvalue weighted by Crippen LogP contribution is -2.44. The number of nitrogens with zero attached hydrogens (tertiary/aromatic N) is 3. The number of carbonyl (C=O) groups is 1. The zero-order valence-corrected chi connectivity index (χ0v) is 15.4. The van der Waals surface area contributed by atoms with Crippen molar-refractivity contribution in [2.75, 3.05) is 7.05 Å². The Kier molecular flexibility index (Phi) is 5.48. The van der Waals surface area contributed by atoms with E-state index >= 15 is 0 Å². The summed E-state index contributed by atoms with van der Waals surface area (Å²) in [6.45, 7) is 7.69. The van der Waals surface area contributed by atoms with E-state index in [2.05, 4.69) is 16.5 Å². The van der Waals surface area contributed by atoms with Gasteiger partial charge in [0.05, 0.1) is 17.3 Å². The van der Waals surface area contributed by atoms with Crippen LogP contribution in [0.3, 0.4) is 0 Å². The van der Waals surface area contributed by atoms with Crippen molar-refractivity contribution in [2.24, 2.45) is 0 Å². The topological polar surface area (TPSA) is 79.9 Å². The molecule has 1 aromatic carbocycles. The zero-order valence-electron chi connectivity index (χ0n) is 15.4. The predicted octanol–water partition coefficient (Wildman–Crippen LogP) is 3.15. The maximum absolute atomic E-state index is 12.3. The summed E-state index contributed by atoms with van der Waals surface area (Å²) in [7, 11) is 1.62. The highest BCUT2D eigenvalue weighted by atomic mass is 16.5. The number of nitriles is 1. The van der Waals surface area contributed by atoms with Crippen LogP contribution in [0.15, 0.2) is 24.3 Å². The molecule has 0 fully saturated rings. The van der Waals surface area contributed by atoms with Crippen LogP contribution in [0.1, 0.15) is 44.6 Å². The molecule has 0 aliphatic rings. The number of benzene rings is 1. The van der Waals surface area contributed by atoms with Gasteiger partial charge in [0.2, 0.25) is 5.91 Å². The maximum atomic E-state index is 12.3. The van der Waals surface area contributed by atoms with Crippen molar-refractivity contribution in [3.05, 3.63) is 41.2 Å². The molecule has 0 saturated carbocycles. The fourth-order valence-corrected chi connectivity index (χ4v) is 2.73. The summed E-state index contributed by atoms with van der Waals surface area (Å²) in [6.07, 6.45) is 1.37. The van der Waals surface area contributed by atoms with Gasteiger partial charge in [-0.05, 0) is 51.0 Å². The van der Waals surface area contributed by atoms with Gasteiger partial charge in [-0.15, -0.1) is 0 Å². The Morgan fingerprint density at radius 3 is 2.40 bits per heavy atom. The van der Waals surface area contributed by atoms with Crippen molar-refractivity contribution in [3.63, 3.8) is 0 Å². The van der Waals surface area contributed by atoms with Crippen LogP contribution < -0.4 is 10.1 Å². The largest absolute Gasteiger partial charge is 0.453 e. The molecule has 6 heteroatoms. The molecule has 25 heavy (non-hydrogen) atoms. The Labute approximate surface area is 148 Å². The standard InChI is InChI=1S/C19H24N4O2/c1-6-15-17(25-14-10-8-13(12-20)9-11-14)16(7-2)23(22-15)19(3,4)18(24)21-5/h8-11H,6-7H2,1-5H3,(H,21,24). The number of carbonyl (C=O) groups excluding carboxylic acids is 1. The van der Waals surface area contributed by atoms with E-state index in [1.165, 1.54) is 0 Å². The van der Waals surface area contributed by atoms with E-state index < -0.39 is 5.54 Å². The van der Waals surface area contributed by atoms with Gasteiger partial charge in [0, 0.05) is 7.05 Å². The molecule has 0 spiro atoms. The Hall–Kier alpha value is -2.81. The third-order valence-electron chi connectivity index (χ3n) is 4.19. The van der Waals surface area contributed by atoms with E-state index in [4.69, 9.17) is 10.00 Å². The minimum absolute atomic E-state index is 0.114. The summed E-state index contributed by atoms with van der Waals surface area (Å²) in [5, 5.41) is 16.3. The summed E-state index contributed by atoms with van der Waals surface area (Å²) in [6, 6.07) is 9.04. The van der Waals surface area contributed by atoms with Gasteiger partial charge < -0.3 is 10.1 Å².